The molecule has 8 heteroatoms. The van der Waals surface area contributed by atoms with Crippen LogP contribution in [0, 0.1) is 0 Å². The minimum Gasteiger partial charge on any atom is -0.337 e. The number of thioether (sulfide) groups is 1. The van der Waals surface area contributed by atoms with Crippen LogP contribution in [-0.2, 0) is 6.54 Å². The molecule has 2 aliphatic rings. The predicted octanol–water partition coefficient (Wildman–Crippen LogP) is 0.151. The van der Waals surface area contributed by atoms with Crippen molar-refractivity contribution in [2.24, 2.45) is 0 Å². The lowest BCUT2D eigenvalue weighted by molar-refractivity contribution is 0.0717. The first kappa shape index (κ1) is 16.7. The summed E-state index contributed by atoms with van der Waals surface area (Å²) in [6, 6.07) is 0.342. The van der Waals surface area contributed by atoms with Gasteiger partial charge in [-0.25, -0.2) is 0 Å². The molecule has 0 radical (unpaired) electrons. The summed E-state index contributed by atoms with van der Waals surface area (Å²) >= 11 is 1.97. The molecule has 23 heavy (non-hydrogen) atoms. The first-order valence-electron chi connectivity index (χ1n) is 8.42. The topological polar surface area (TPSA) is 66.3 Å². The van der Waals surface area contributed by atoms with Gasteiger partial charge in [0.05, 0.1) is 12.7 Å². The summed E-state index contributed by atoms with van der Waals surface area (Å²) in [4.78, 5) is 16.8. The molecular formula is C15H26N6OS. The third-order valence-electron chi connectivity index (χ3n) is 4.67. The van der Waals surface area contributed by atoms with Gasteiger partial charge in [-0.3, -0.25) is 14.4 Å². The van der Waals surface area contributed by atoms with E-state index in [0.717, 1.165) is 63.6 Å². The van der Waals surface area contributed by atoms with Gasteiger partial charge in [-0.05, 0) is 24.3 Å². The maximum Gasteiger partial charge on any atom is 0.276 e. The van der Waals surface area contributed by atoms with Crippen LogP contribution in [0.4, 0.5) is 0 Å². The largest absolute Gasteiger partial charge is 0.337 e. The van der Waals surface area contributed by atoms with Crippen molar-refractivity contribution in [1.82, 2.24) is 30.1 Å². The maximum absolute atomic E-state index is 12.5. The second-order valence-electron chi connectivity index (χ2n) is 6.22. The molecule has 2 aliphatic heterocycles. The Kier molecular flexibility index (Phi) is 5.91. The second-order valence-corrected chi connectivity index (χ2v) is 7.44. The summed E-state index contributed by atoms with van der Waals surface area (Å²) in [5, 5.41) is 11.6. The average Bonchev–Trinajstić information content (AvgIpc) is 3.09. The number of hydrogen-bond acceptors (Lipinski definition) is 6. The number of carbonyl (C=O) groups is 1. The molecule has 1 aromatic heterocycles. The summed E-state index contributed by atoms with van der Waals surface area (Å²) in [6.45, 7) is 5.97. The molecule has 1 N–H and O–H groups in total. The lowest BCUT2D eigenvalue weighted by Gasteiger charge is -2.30. The van der Waals surface area contributed by atoms with Crippen LogP contribution in [-0.4, -0.2) is 88.0 Å². The Labute approximate surface area is 141 Å². The highest BCUT2D eigenvalue weighted by atomic mass is 32.2. The van der Waals surface area contributed by atoms with E-state index in [-0.39, 0.29) is 5.91 Å². The number of rotatable bonds is 5. The van der Waals surface area contributed by atoms with Crippen molar-refractivity contribution >= 4 is 17.7 Å². The highest BCUT2D eigenvalue weighted by molar-refractivity contribution is 7.99. The molecule has 2 fully saturated rings. The molecule has 3 rings (SSSR count). The van der Waals surface area contributed by atoms with Gasteiger partial charge in [0.25, 0.3) is 5.91 Å². The van der Waals surface area contributed by atoms with Crippen LogP contribution < -0.4 is 5.32 Å². The van der Waals surface area contributed by atoms with Gasteiger partial charge in [0, 0.05) is 45.8 Å². The van der Waals surface area contributed by atoms with Gasteiger partial charge in [-0.1, -0.05) is 5.21 Å². The van der Waals surface area contributed by atoms with Crippen LogP contribution in [0.1, 0.15) is 23.3 Å². The molecule has 0 spiro atoms. The first-order chi connectivity index (χ1) is 11.2. The zero-order valence-corrected chi connectivity index (χ0v) is 14.6. The van der Waals surface area contributed by atoms with Crippen molar-refractivity contribution in [2.45, 2.75) is 25.4 Å². The Morgan fingerprint density at radius 3 is 2.83 bits per heavy atom. The SMILES string of the molecule is CN(C(=O)c1cn(CCN2CCNCC2)nn1)C1CCSCC1. The van der Waals surface area contributed by atoms with E-state index < -0.39 is 0 Å². The van der Waals surface area contributed by atoms with Crippen molar-refractivity contribution in [3.05, 3.63) is 11.9 Å². The molecule has 1 amide bonds. The quantitative estimate of drug-likeness (QED) is 0.824. The van der Waals surface area contributed by atoms with Gasteiger partial charge in [0.15, 0.2) is 5.69 Å². The molecule has 0 saturated carbocycles. The van der Waals surface area contributed by atoms with E-state index in [2.05, 4.69) is 20.5 Å². The van der Waals surface area contributed by atoms with Crippen LogP contribution in [0.5, 0.6) is 0 Å². The van der Waals surface area contributed by atoms with Crippen molar-refractivity contribution in [3.63, 3.8) is 0 Å². The molecule has 0 unspecified atom stereocenters. The fourth-order valence-corrected chi connectivity index (χ4v) is 4.18. The number of nitrogens with zero attached hydrogens (tertiary/aromatic N) is 5. The van der Waals surface area contributed by atoms with E-state index in [1.807, 2.05) is 23.7 Å². The van der Waals surface area contributed by atoms with Crippen molar-refractivity contribution in [2.75, 3.05) is 51.3 Å². The van der Waals surface area contributed by atoms with E-state index >= 15 is 0 Å². The molecule has 0 aliphatic carbocycles. The summed E-state index contributed by atoms with van der Waals surface area (Å²) in [5.74, 6) is 2.27. The van der Waals surface area contributed by atoms with Crippen LogP contribution in [0.15, 0.2) is 6.20 Å². The number of nitrogens with one attached hydrogen (secondary N) is 1. The number of piperazine rings is 1. The predicted molar refractivity (Wildman–Crippen MR) is 91.8 cm³/mol. The molecule has 3 heterocycles. The zero-order chi connectivity index (χ0) is 16.1. The lowest BCUT2D eigenvalue weighted by Crippen LogP contribution is -2.44. The smallest absolute Gasteiger partial charge is 0.276 e. The highest BCUT2D eigenvalue weighted by Gasteiger charge is 2.25. The molecule has 1 aromatic rings. The third kappa shape index (κ3) is 4.45. The van der Waals surface area contributed by atoms with Gasteiger partial charge in [-0.2, -0.15) is 11.8 Å². The normalized spacial score (nSPS) is 20.6. The fourth-order valence-electron chi connectivity index (χ4n) is 3.10. The van der Waals surface area contributed by atoms with E-state index in [4.69, 9.17) is 0 Å². The highest BCUT2D eigenvalue weighted by Crippen LogP contribution is 2.21. The Morgan fingerprint density at radius 2 is 2.09 bits per heavy atom. The Hall–Kier alpha value is -1.12. The third-order valence-corrected chi connectivity index (χ3v) is 5.72. The van der Waals surface area contributed by atoms with Crippen molar-refractivity contribution in [3.8, 4) is 0 Å². The van der Waals surface area contributed by atoms with E-state index in [1.165, 1.54) is 0 Å². The number of amides is 1. The van der Waals surface area contributed by atoms with Gasteiger partial charge in [0.1, 0.15) is 0 Å². The average molecular weight is 338 g/mol. The lowest BCUT2D eigenvalue weighted by atomic mass is 10.1. The van der Waals surface area contributed by atoms with Gasteiger partial charge in [0.2, 0.25) is 0 Å². The van der Waals surface area contributed by atoms with Crippen LogP contribution in [0.3, 0.4) is 0 Å². The Balaban J connectivity index is 1.52. The van der Waals surface area contributed by atoms with Crippen molar-refractivity contribution in [1.29, 1.82) is 0 Å². The summed E-state index contributed by atoms with van der Waals surface area (Å²) < 4.78 is 1.79. The van der Waals surface area contributed by atoms with Crippen molar-refractivity contribution < 1.29 is 4.79 Å². The molecule has 0 bridgehead atoms. The summed E-state index contributed by atoms with van der Waals surface area (Å²) in [6.07, 6.45) is 3.94. The summed E-state index contributed by atoms with van der Waals surface area (Å²) in [7, 11) is 1.89. The second kappa shape index (κ2) is 8.12. The minimum absolute atomic E-state index is 0.00433. The van der Waals surface area contributed by atoms with Gasteiger partial charge in [-0.15, -0.1) is 5.10 Å². The minimum atomic E-state index is -0.00433. The maximum atomic E-state index is 12.5. The van der Waals surface area contributed by atoms with Gasteiger partial charge < -0.3 is 10.2 Å². The van der Waals surface area contributed by atoms with Crippen LogP contribution >= 0.6 is 11.8 Å². The van der Waals surface area contributed by atoms with Gasteiger partial charge >= 0.3 is 0 Å². The van der Waals surface area contributed by atoms with Crippen LogP contribution in [0.25, 0.3) is 0 Å². The monoisotopic (exact) mass is 338 g/mol. The number of hydrogen-bond donors (Lipinski definition) is 1. The molecule has 2 saturated heterocycles. The molecule has 7 nitrogen and oxygen atoms in total. The Bertz CT molecular complexity index is 510. The standard InChI is InChI=1S/C15H26N6OS/c1-19(13-2-10-23-11-3-13)15(22)14-12-21(18-17-14)9-8-20-6-4-16-5-7-20/h12-13,16H,2-11H2,1H3. The molecule has 0 atom stereocenters. The van der Waals surface area contributed by atoms with E-state index in [0.29, 0.717) is 11.7 Å². The molecule has 128 valence electrons. The molecule has 0 aromatic carbocycles. The summed E-state index contributed by atoms with van der Waals surface area (Å²) in [5.41, 5.74) is 0.464. The number of carbonyl (C=O) groups excluding carboxylic acids is 1. The van der Waals surface area contributed by atoms with E-state index in [9.17, 15) is 4.79 Å². The fraction of sp³-hybridized carbons (Fsp3) is 0.800. The molecular weight excluding hydrogens is 312 g/mol. The number of aromatic nitrogens is 3. The Morgan fingerprint density at radius 1 is 1.35 bits per heavy atom. The first-order valence-corrected chi connectivity index (χ1v) is 9.57. The zero-order valence-electron chi connectivity index (χ0n) is 13.8. The van der Waals surface area contributed by atoms with E-state index in [1.54, 1.807) is 10.9 Å². The van der Waals surface area contributed by atoms with Crippen LogP contribution in [0.2, 0.25) is 0 Å².